The van der Waals surface area contributed by atoms with E-state index < -0.39 is 0 Å². The van der Waals surface area contributed by atoms with E-state index in [2.05, 4.69) is 140 Å². The lowest BCUT2D eigenvalue weighted by atomic mass is 9.86. The highest BCUT2D eigenvalue weighted by Gasteiger charge is 2.21. The number of benzene rings is 4. The van der Waals surface area contributed by atoms with Gasteiger partial charge in [-0.25, -0.2) is 9.98 Å². The molecule has 0 aliphatic carbocycles. The Balaban J connectivity index is 1.50. The van der Waals surface area contributed by atoms with E-state index in [1.54, 1.807) is 0 Å². The summed E-state index contributed by atoms with van der Waals surface area (Å²) in [5.41, 5.74) is 15.4. The molecule has 0 saturated carbocycles. The SMILES string of the molecule is CC(C)c1cc(Cc2cc(C(C)C)c(N=C(c3ccccc3)c3ccccn3)c(C(C)C)c2)cc(C(C)C)c1N=C(c1ccccc1)c1ccccn1. The highest BCUT2D eigenvalue weighted by atomic mass is 14.8. The van der Waals surface area contributed by atoms with Gasteiger partial charge >= 0.3 is 0 Å². The van der Waals surface area contributed by atoms with Crippen molar-refractivity contribution in [2.45, 2.75) is 85.5 Å². The van der Waals surface area contributed by atoms with E-state index in [0.717, 1.165) is 51.7 Å². The van der Waals surface area contributed by atoms with Gasteiger partial charge in [-0.05, 0) is 87.7 Å². The second kappa shape index (κ2) is 16.9. The molecular formula is C49H52N4. The molecule has 6 aromatic rings. The molecule has 0 spiro atoms. The van der Waals surface area contributed by atoms with Gasteiger partial charge in [0.1, 0.15) is 0 Å². The molecule has 0 aliphatic rings. The van der Waals surface area contributed by atoms with Gasteiger partial charge in [-0.3, -0.25) is 9.97 Å². The Hall–Kier alpha value is -5.48. The smallest absolute Gasteiger partial charge is 0.0965 e. The molecule has 0 N–H and O–H groups in total. The highest BCUT2D eigenvalue weighted by Crippen LogP contribution is 2.40. The van der Waals surface area contributed by atoms with E-state index in [9.17, 15) is 0 Å². The molecule has 53 heavy (non-hydrogen) atoms. The second-order valence-corrected chi connectivity index (χ2v) is 15.1. The monoisotopic (exact) mass is 696 g/mol. The van der Waals surface area contributed by atoms with Crippen molar-refractivity contribution < 1.29 is 0 Å². The molecule has 0 unspecified atom stereocenters. The average Bonchev–Trinajstić information content (AvgIpc) is 3.17. The van der Waals surface area contributed by atoms with Gasteiger partial charge in [-0.15, -0.1) is 0 Å². The summed E-state index contributed by atoms with van der Waals surface area (Å²) in [4.78, 5) is 20.4. The zero-order valence-electron chi connectivity index (χ0n) is 32.5. The van der Waals surface area contributed by atoms with Gasteiger partial charge in [0, 0.05) is 23.5 Å². The Morgan fingerprint density at radius 1 is 0.434 bits per heavy atom. The highest BCUT2D eigenvalue weighted by molar-refractivity contribution is 6.13. The zero-order chi connectivity index (χ0) is 37.5. The maximum Gasteiger partial charge on any atom is 0.0965 e. The van der Waals surface area contributed by atoms with Crippen molar-refractivity contribution in [3.8, 4) is 0 Å². The molecule has 2 heterocycles. The van der Waals surface area contributed by atoms with E-state index in [0.29, 0.717) is 0 Å². The van der Waals surface area contributed by atoms with Crippen LogP contribution in [0.25, 0.3) is 0 Å². The molecule has 0 aliphatic heterocycles. The summed E-state index contributed by atoms with van der Waals surface area (Å²) in [5.74, 6) is 1.13. The van der Waals surface area contributed by atoms with Crippen LogP contribution < -0.4 is 0 Å². The average molecular weight is 697 g/mol. The predicted octanol–water partition coefficient (Wildman–Crippen LogP) is 12.9. The topological polar surface area (TPSA) is 50.5 Å². The van der Waals surface area contributed by atoms with Crippen molar-refractivity contribution in [1.82, 2.24) is 9.97 Å². The van der Waals surface area contributed by atoms with Gasteiger partial charge in [0.25, 0.3) is 0 Å². The van der Waals surface area contributed by atoms with Crippen LogP contribution in [0.15, 0.2) is 144 Å². The van der Waals surface area contributed by atoms with Crippen molar-refractivity contribution in [3.63, 3.8) is 0 Å². The summed E-state index contributed by atoms with van der Waals surface area (Å²) >= 11 is 0. The van der Waals surface area contributed by atoms with Crippen LogP contribution in [0.4, 0.5) is 11.4 Å². The zero-order valence-corrected chi connectivity index (χ0v) is 32.5. The maximum atomic E-state index is 5.49. The Morgan fingerprint density at radius 2 is 0.755 bits per heavy atom. The van der Waals surface area contributed by atoms with Crippen LogP contribution in [0.3, 0.4) is 0 Å². The first-order valence-electron chi connectivity index (χ1n) is 19.0. The lowest BCUT2D eigenvalue weighted by Crippen LogP contribution is -2.08. The number of hydrogen-bond acceptors (Lipinski definition) is 4. The van der Waals surface area contributed by atoms with Crippen molar-refractivity contribution in [2.75, 3.05) is 0 Å². The molecule has 0 saturated heterocycles. The van der Waals surface area contributed by atoms with Crippen LogP contribution in [-0.2, 0) is 6.42 Å². The molecule has 0 amide bonds. The predicted molar refractivity (Wildman–Crippen MR) is 224 cm³/mol. The summed E-state index contributed by atoms with van der Waals surface area (Å²) in [7, 11) is 0. The summed E-state index contributed by atoms with van der Waals surface area (Å²) < 4.78 is 0. The molecule has 4 nitrogen and oxygen atoms in total. The molecule has 6 rings (SSSR count). The lowest BCUT2D eigenvalue weighted by molar-refractivity contribution is 0.824. The number of nitrogens with zero attached hydrogens (tertiary/aromatic N) is 4. The standard InChI is InChI=1S/C49H52N4/c1-32(2)40-28-36(29-41(33(3)4)48(40)52-46(38-19-11-9-12-20-38)44-23-15-17-25-50-44)27-37-30-42(34(5)6)49(43(31-37)35(7)8)53-47(39-21-13-10-14-22-39)45-24-16-18-26-51-45/h9-26,28-35H,27H2,1-8H3. The fourth-order valence-electron chi connectivity index (χ4n) is 6.91. The van der Waals surface area contributed by atoms with Crippen molar-refractivity contribution in [1.29, 1.82) is 0 Å². The minimum Gasteiger partial charge on any atom is -0.255 e. The largest absolute Gasteiger partial charge is 0.255 e. The van der Waals surface area contributed by atoms with E-state index in [1.807, 2.05) is 48.8 Å². The van der Waals surface area contributed by atoms with Crippen LogP contribution >= 0.6 is 0 Å². The fourth-order valence-corrected chi connectivity index (χ4v) is 6.91. The third kappa shape index (κ3) is 8.77. The minimum absolute atomic E-state index is 0.282. The van der Waals surface area contributed by atoms with Crippen molar-refractivity contribution >= 4 is 22.8 Å². The van der Waals surface area contributed by atoms with Crippen LogP contribution in [0.5, 0.6) is 0 Å². The van der Waals surface area contributed by atoms with Crippen LogP contribution in [-0.4, -0.2) is 21.4 Å². The van der Waals surface area contributed by atoms with Crippen molar-refractivity contribution in [2.24, 2.45) is 9.98 Å². The number of pyridine rings is 2. The molecule has 4 aromatic carbocycles. The van der Waals surface area contributed by atoms with E-state index in [-0.39, 0.29) is 23.7 Å². The van der Waals surface area contributed by atoms with Gasteiger partial charge in [-0.2, -0.15) is 0 Å². The summed E-state index contributed by atoms with van der Waals surface area (Å²) in [6.45, 7) is 18.2. The van der Waals surface area contributed by atoms with E-state index in [4.69, 9.17) is 20.0 Å². The molecule has 0 bridgehead atoms. The molecule has 2 aromatic heterocycles. The summed E-state index contributed by atoms with van der Waals surface area (Å²) in [6.07, 6.45) is 4.51. The van der Waals surface area contributed by atoms with Gasteiger partial charge in [0.15, 0.2) is 0 Å². The van der Waals surface area contributed by atoms with Gasteiger partial charge in [0.2, 0.25) is 0 Å². The molecule has 0 radical (unpaired) electrons. The molecule has 268 valence electrons. The van der Waals surface area contributed by atoms with Crippen LogP contribution in [0, 0.1) is 0 Å². The van der Waals surface area contributed by atoms with Gasteiger partial charge < -0.3 is 0 Å². The third-order valence-electron chi connectivity index (χ3n) is 9.71. The Morgan fingerprint density at radius 3 is 1.04 bits per heavy atom. The van der Waals surface area contributed by atoms with Crippen LogP contribution in [0.2, 0.25) is 0 Å². The fraction of sp³-hybridized carbons (Fsp3) is 0.265. The number of rotatable bonds is 12. The van der Waals surface area contributed by atoms with Gasteiger partial charge in [-0.1, -0.05) is 152 Å². The Labute approximate surface area is 316 Å². The summed E-state index contributed by atoms with van der Waals surface area (Å²) in [6, 6.07) is 42.5. The summed E-state index contributed by atoms with van der Waals surface area (Å²) in [5, 5.41) is 0. The first-order chi connectivity index (χ1) is 25.6. The molecule has 0 atom stereocenters. The molecule has 4 heteroatoms. The second-order valence-electron chi connectivity index (χ2n) is 15.1. The van der Waals surface area contributed by atoms with Gasteiger partial charge in [0.05, 0.1) is 34.2 Å². The molecule has 0 fully saturated rings. The maximum absolute atomic E-state index is 5.49. The first-order valence-corrected chi connectivity index (χ1v) is 19.0. The first kappa shape index (κ1) is 37.3. The van der Waals surface area contributed by atoms with E-state index >= 15 is 0 Å². The van der Waals surface area contributed by atoms with Crippen molar-refractivity contribution in [3.05, 3.63) is 190 Å². The Bertz CT molecular complexity index is 1880. The van der Waals surface area contributed by atoms with Crippen LogP contribution in [0.1, 0.15) is 135 Å². The normalized spacial score (nSPS) is 12.4. The number of aliphatic imine (C=N–C) groups is 2. The third-order valence-corrected chi connectivity index (χ3v) is 9.71. The number of aromatic nitrogens is 2. The minimum atomic E-state index is 0.282. The Kier molecular flexibility index (Phi) is 11.9. The lowest BCUT2D eigenvalue weighted by Gasteiger charge is -2.22. The molecular weight excluding hydrogens is 645 g/mol. The number of hydrogen-bond donors (Lipinski definition) is 0. The van der Waals surface area contributed by atoms with E-state index in [1.165, 1.54) is 33.4 Å². The quantitative estimate of drug-likeness (QED) is 0.120.